The van der Waals surface area contributed by atoms with Crippen LogP contribution in [-0.2, 0) is 13.0 Å². The molecule has 0 bridgehead atoms. The van der Waals surface area contributed by atoms with Crippen LogP contribution in [0, 0.1) is 5.92 Å². The summed E-state index contributed by atoms with van der Waals surface area (Å²) in [4.78, 5) is 4.93. The van der Waals surface area contributed by atoms with Gasteiger partial charge in [0.05, 0.1) is 11.0 Å². The van der Waals surface area contributed by atoms with Gasteiger partial charge in [-0.15, -0.1) is 0 Å². The van der Waals surface area contributed by atoms with Gasteiger partial charge in [0.15, 0.2) is 0 Å². The fourth-order valence-corrected chi connectivity index (χ4v) is 3.53. The molecule has 0 aliphatic carbocycles. The van der Waals surface area contributed by atoms with Crippen LogP contribution in [0.3, 0.4) is 0 Å². The third-order valence-electron chi connectivity index (χ3n) is 5.09. The van der Waals surface area contributed by atoms with Gasteiger partial charge in [0.1, 0.15) is 5.82 Å². The fourth-order valence-electron chi connectivity index (χ4n) is 3.53. The van der Waals surface area contributed by atoms with Crippen molar-refractivity contribution in [1.82, 2.24) is 9.55 Å². The highest BCUT2D eigenvalue weighted by atomic mass is 15.1. The number of aryl methyl sites for hydroxylation is 1. The summed E-state index contributed by atoms with van der Waals surface area (Å²) in [6.07, 6.45) is 2.03. The molecule has 0 amide bonds. The Labute approximate surface area is 161 Å². The smallest absolute Gasteiger partial charge is 0.114 e. The molecule has 2 nitrogen and oxygen atoms in total. The van der Waals surface area contributed by atoms with Crippen molar-refractivity contribution in [1.29, 1.82) is 0 Å². The number of para-hydroxylation sites is 2. The van der Waals surface area contributed by atoms with Crippen molar-refractivity contribution in [3.05, 3.63) is 90.3 Å². The van der Waals surface area contributed by atoms with E-state index in [1.54, 1.807) is 0 Å². The van der Waals surface area contributed by atoms with E-state index in [1.807, 2.05) is 0 Å². The van der Waals surface area contributed by atoms with Crippen molar-refractivity contribution >= 4 is 11.0 Å². The zero-order valence-electron chi connectivity index (χ0n) is 16.1. The van der Waals surface area contributed by atoms with Gasteiger partial charge in [-0.2, -0.15) is 0 Å². The molecule has 0 radical (unpaired) electrons. The third-order valence-corrected chi connectivity index (χ3v) is 5.09. The van der Waals surface area contributed by atoms with Crippen molar-refractivity contribution in [2.24, 2.45) is 5.92 Å². The number of fused-ring (bicyclic) bond motifs is 1. The summed E-state index contributed by atoms with van der Waals surface area (Å²) in [6.45, 7) is 5.58. The maximum Gasteiger partial charge on any atom is 0.114 e. The maximum atomic E-state index is 4.93. The summed E-state index contributed by atoms with van der Waals surface area (Å²) in [6, 6.07) is 27.9. The average Bonchev–Trinajstić information content (AvgIpc) is 3.04. The monoisotopic (exact) mass is 354 g/mol. The summed E-state index contributed by atoms with van der Waals surface area (Å²) in [5.74, 6) is 1.84. The lowest BCUT2D eigenvalue weighted by atomic mass is 10.0. The van der Waals surface area contributed by atoms with Crippen molar-refractivity contribution in [3.63, 3.8) is 0 Å². The topological polar surface area (TPSA) is 17.8 Å². The normalized spacial score (nSPS) is 11.4. The minimum Gasteiger partial charge on any atom is -0.328 e. The van der Waals surface area contributed by atoms with Crippen molar-refractivity contribution in [2.75, 3.05) is 0 Å². The quantitative estimate of drug-likeness (QED) is 0.395. The molecule has 0 unspecified atom stereocenters. The zero-order chi connectivity index (χ0) is 18.6. The fraction of sp³-hybridized carbons (Fsp3) is 0.240. The molecular weight excluding hydrogens is 328 g/mol. The second-order valence-electron chi connectivity index (χ2n) is 7.59. The Morgan fingerprint density at radius 1 is 0.778 bits per heavy atom. The van der Waals surface area contributed by atoms with Gasteiger partial charge in [-0.25, -0.2) is 4.98 Å². The first kappa shape index (κ1) is 17.5. The number of aromatic nitrogens is 2. The summed E-state index contributed by atoms with van der Waals surface area (Å²) < 4.78 is 2.40. The Morgan fingerprint density at radius 2 is 1.44 bits per heavy atom. The lowest BCUT2D eigenvalue weighted by molar-refractivity contribution is 0.514. The molecule has 2 heteroatoms. The van der Waals surface area contributed by atoms with Crippen LogP contribution in [0.2, 0.25) is 0 Å². The van der Waals surface area contributed by atoms with Crippen LogP contribution in [0.5, 0.6) is 0 Å². The van der Waals surface area contributed by atoms with Crippen molar-refractivity contribution in [3.8, 4) is 11.1 Å². The van der Waals surface area contributed by atoms with E-state index >= 15 is 0 Å². The van der Waals surface area contributed by atoms with Crippen LogP contribution >= 0.6 is 0 Å². The first-order valence-electron chi connectivity index (χ1n) is 9.79. The second-order valence-corrected chi connectivity index (χ2v) is 7.59. The number of imidazole rings is 1. The average molecular weight is 354 g/mol. The van der Waals surface area contributed by atoms with Gasteiger partial charge >= 0.3 is 0 Å². The van der Waals surface area contributed by atoms with Crippen LogP contribution in [-0.4, -0.2) is 9.55 Å². The summed E-state index contributed by atoms with van der Waals surface area (Å²) in [5, 5.41) is 0. The Morgan fingerprint density at radius 3 is 2.19 bits per heavy atom. The number of hydrogen-bond acceptors (Lipinski definition) is 1. The van der Waals surface area contributed by atoms with Crippen LogP contribution in [0.1, 0.15) is 31.7 Å². The van der Waals surface area contributed by atoms with E-state index < -0.39 is 0 Å². The van der Waals surface area contributed by atoms with Gasteiger partial charge in [-0.3, -0.25) is 0 Å². The van der Waals surface area contributed by atoms with Crippen LogP contribution in [0.15, 0.2) is 78.9 Å². The van der Waals surface area contributed by atoms with Gasteiger partial charge in [0, 0.05) is 13.0 Å². The SMILES string of the molecule is CC(C)CCn1c(Cc2ccc(-c3ccccc3)cc2)nc2ccccc21. The zero-order valence-corrected chi connectivity index (χ0v) is 16.1. The van der Waals surface area contributed by atoms with E-state index in [4.69, 9.17) is 4.98 Å². The molecule has 0 atom stereocenters. The Bertz CT molecular complexity index is 1010. The largest absolute Gasteiger partial charge is 0.328 e. The molecule has 136 valence electrons. The van der Waals surface area contributed by atoms with Gasteiger partial charge in [0.2, 0.25) is 0 Å². The van der Waals surface area contributed by atoms with E-state index in [0.29, 0.717) is 5.92 Å². The van der Waals surface area contributed by atoms with Crippen molar-refractivity contribution in [2.45, 2.75) is 33.2 Å². The number of benzene rings is 3. The highest BCUT2D eigenvalue weighted by Gasteiger charge is 2.11. The molecular formula is C25H26N2. The molecule has 4 rings (SSSR count). The predicted molar refractivity (Wildman–Crippen MR) is 114 cm³/mol. The van der Waals surface area contributed by atoms with E-state index in [-0.39, 0.29) is 0 Å². The van der Waals surface area contributed by atoms with Crippen LogP contribution in [0.25, 0.3) is 22.2 Å². The van der Waals surface area contributed by atoms with Gasteiger partial charge in [-0.1, -0.05) is 80.6 Å². The number of hydrogen-bond donors (Lipinski definition) is 0. The van der Waals surface area contributed by atoms with E-state index in [2.05, 4.69) is 97.3 Å². The summed E-state index contributed by atoms with van der Waals surface area (Å²) in [7, 11) is 0. The lowest BCUT2D eigenvalue weighted by Crippen LogP contribution is -2.07. The first-order valence-corrected chi connectivity index (χ1v) is 9.79. The minimum absolute atomic E-state index is 0.684. The number of rotatable bonds is 6. The standard InChI is InChI=1S/C25H26N2/c1-19(2)16-17-27-24-11-7-6-10-23(24)26-25(27)18-20-12-14-22(15-13-20)21-8-4-3-5-9-21/h3-15,19H,16-18H2,1-2H3. The molecule has 1 aromatic heterocycles. The van der Waals surface area contributed by atoms with E-state index in [1.165, 1.54) is 28.6 Å². The second kappa shape index (κ2) is 7.79. The molecule has 4 aromatic rings. The molecule has 3 aromatic carbocycles. The Kier molecular flexibility index (Phi) is 5.06. The first-order chi connectivity index (χ1) is 13.2. The Hall–Kier alpha value is -2.87. The molecule has 1 heterocycles. The Balaban J connectivity index is 1.62. The minimum atomic E-state index is 0.684. The van der Waals surface area contributed by atoms with Crippen molar-refractivity contribution < 1.29 is 0 Å². The number of nitrogens with zero attached hydrogens (tertiary/aromatic N) is 2. The van der Waals surface area contributed by atoms with Gasteiger partial charge in [0.25, 0.3) is 0 Å². The van der Waals surface area contributed by atoms with Crippen LogP contribution in [0.4, 0.5) is 0 Å². The van der Waals surface area contributed by atoms with E-state index in [9.17, 15) is 0 Å². The summed E-state index contributed by atoms with van der Waals surface area (Å²) >= 11 is 0. The summed E-state index contributed by atoms with van der Waals surface area (Å²) in [5.41, 5.74) is 6.16. The van der Waals surface area contributed by atoms with Gasteiger partial charge < -0.3 is 4.57 Å². The third kappa shape index (κ3) is 3.95. The maximum absolute atomic E-state index is 4.93. The highest BCUT2D eigenvalue weighted by molar-refractivity contribution is 5.76. The molecule has 0 aliphatic heterocycles. The molecule has 0 spiro atoms. The molecule has 0 N–H and O–H groups in total. The molecule has 0 saturated heterocycles. The van der Waals surface area contributed by atoms with Gasteiger partial charge in [-0.05, 0) is 41.2 Å². The highest BCUT2D eigenvalue weighted by Crippen LogP contribution is 2.23. The van der Waals surface area contributed by atoms with Crippen LogP contribution < -0.4 is 0 Å². The van der Waals surface area contributed by atoms with E-state index in [0.717, 1.165) is 24.3 Å². The predicted octanol–water partition coefficient (Wildman–Crippen LogP) is 6.34. The molecule has 0 fully saturated rings. The lowest BCUT2D eigenvalue weighted by Gasteiger charge is -2.11. The molecule has 0 aliphatic rings. The molecule has 0 saturated carbocycles. The molecule has 27 heavy (non-hydrogen) atoms.